The number of benzene rings is 2. The minimum Gasteiger partial charge on any atom is -0.482 e. The molecule has 0 spiro atoms. The maximum atomic E-state index is 12.6. The first-order chi connectivity index (χ1) is 14.0. The molecular formula is C22H20ClNO4S. The van der Waals surface area contributed by atoms with Crippen LogP contribution in [-0.2, 0) is 9.53 Å². The van der Waals surface area contributed by atoms with Crippen molar-refractivity contribution in [2.45, 2.75) is 13.8 Å². The van der Waals surface area contributed by atoms with Crippen LogP contribution < -0.4 is 10.1 Å². The molecule has 29 heavy (non-hydrogen) atoms. The molecule has 0 aliphatic heterocycles. The van der Waals surface area contributed by atoms with Crippen molar-refractivity contribution in [3.05, 3.63) is 70.1 Å². The zero-order valence-corrected chi connectivity index (χ0v) is 17.6. The van der Waals surface area contributed by atoms with Crippen molar-refractivity contribution < 1.29 is 19.1 Å². The lowest BCUT2D eigenvalue weighted by atomic mass is 10.0. The van der Waals surface area contributed by atoms with E-state index in [1.54, 1.807) is 31.2 Å². The van der Waals surface area contributed by atoms with E-state index in [1.165, 1.54) is 11.3 Å². The lowest BCUT2D eigenvalue weighted by molar-refractivity contribution is -0.118. The zero-order valence-electron chi connectivity index (χ0n) is 16.0. The Morgan fingerprint density at radius 2 is 1.83 bits per heavy atom. The van der Waals surface area contributed by atoms with Crippen LogP contribution in [0.1, 0.15) is 22.8 Å². The molecule has 1 aromatic heterocycles. The molecule has 7 heteroatoms. The fraction of sp³-hybridized carbons (Fsp3) is 0.182. The number of thiophene rings is 1. The molecule has 5 nitrogen and oxygen atoms in total. The predicted octanol–water partition coefficient (Wildman–Crippen LogP) is 5.57. The average molecular weight is 430 g/mol. The van der Waals surface area contributed by atoms with Crippen LogP contribution in [0.25, 0.3) is 11.1 Å². The zero-order chi connectivity index (χ0) is 20.8. The number of carbonyl (C=O) groups excluding carboxylic acids is 2. The molecule has 0 saturated carbocycles. The Morgan fingerprint density at radius 3 is 2.52 bits per heavy atom. The summed E-state index contributed by atoms with van der Waals surface area (Å²) in [7, 11) is 0. The largest absolute Gasteiger partial charge is 0.482 e. The minimum atomic E-state index is -0.480. The molecule has 0 aliphatic rings. The molecule has 0 radical (unpaired) electrons. The van der Waals surface area contributed by atoms with Gasteiger partial charge in [0.05, 0.1) is 11.6 Å². The van der Waals surface area contributed by atoms with E-state index in [0.717, 1.165) is 16.7 Å². The lowest BCUT2D eigenvalue weighted by Crippen LogP contribution is -2.21. The molecule has 1 heterocycles. The Hall–Kier alpha value is -2.83. The Labute approximate surface area is 178 Å². The Morgan fingerprint density at radius 1 is 1.10 bits per heavy atom. The normalized spacial score (nSPS) is 10.4. The minimum absolute atomic E-state index is 0.232. The third kappa shape index (κ3) is 5.16. The van der Waals surface area contributed by atoms with Crippen LogP contribution >= 0.6 is 22.9 Å². The van der Waals surface area contributed by atoms with Crippen LogP contribution in [0.4, 0.5) is 5.00 Å². The first-order valence-corrected chi connectivity index (χ1v) is 10.3. The molecule has 3 aromatic rings. The molecule has 150 valence electrons. The smallest absolute Gasteiger partial charge is 0.341 e. The van der Waals surface area contributed by atoms with E-state index < -0.39 is 11.9 Å². The maximum Gasteiger partial charge on any atom is 0.341 e. The highest BCUT2D eigenvalue weighted by atomic mass is 35.5. The van der Waals surface area contributed by atoms with Gasteiger partial charge in [0.15, 0.2) is 6.61 Å². The van der Waals surface area contributed by atoms with Gasteiger partial charge in [0.2, 0.25) is 0 Å². The van der Waals surface area contributed by atoms with E-state index >= 15 is 0 Å². The number of carbonyl (C=O) groups is 2. The summed E-state index contributed by atoms with van der Waals surface area (Å²) in [5.74, 6) is -0.458. The number of ether oxygens (including phenoxy) is 2. The molecule has 2 aromatic carbocycles. The van der Waals surface area contributed by atoms with Crippen LogP contribution in [0.2, 0.25) is 5.02 Å². The molecule has 0 bridgehead atoms. The summed E-state index contributed by atoms with van der Waals surface area (Å²) in [6.07, 6.45) is 0. The number of esters is 1. The second-order valence-corrected chi connectivity index (χ2v) is 7.49. The van der Waals surface area contributed by atoms with Gasteiger partial charge >= 0.3 is 5.97 Å². The highest BCUT2D eigenvalue weighted by Crippen LogP contribution is 2.36. The van der Waals surface area contributed by atoms with Crippen LogP contribution in [0.15, 0.2) is 53.9 Å². The molecule has 0 aliphatic carbocycles. The Kier molecular flexibility index (Phi) is 6.90. The number of aryl methyl sites for hydroxylation is 1. The summed E-state index contributed by atoms with van der Waals surface area (Å²) in [5, 5.41) is 5.43. The fourth-order valence-corrected chi connectivity index (χ4v) is 3.83. The molecule has 0 unspecified atom stereocenters. The van der Waals surface area contributed by atoms with Gasteiger partial charge in [-0.1, -0.05) is 53.6 Å². The highest BCUT2D eigenvalue weighted by molar-refractivity contribution is 7.15. The number of nitrogens with one attached hydrogen (secondary N) is 1. The quantitative estimate of drug-likeness (QED) is 0.498. The number of anilines is 1. The summed E-state index contributed by atoms with van der Waals surface area (Å²) in [5.41, 5.74) is 3.05. The first kappa shape index (κ1) is 20.9. The van der Waals surface area contributed by atoms with Crippen LogP contribution in [0, 0.1) is 6.92 Å². The van der Waals surface area contributed by atoms with Crippen molar-refractivity contribution in [1.82, 2.24) is 0 Å². The van der Waals surface area contributed by atoms with Crippen molar-refractivity contribution in [2.24, 2.45) is 0 Å². The van der Waals surface area contributed by atoms with Crippen molar-refractivity contribution >= 4 is 39.8 Å². The van der Waals surface area contributed by atoms with Gasteiger partial charge in [-0.05, 0) is 31.5 Å². The van der Waals surface area contributed by atoms with Gasteiger partial charge in [-0.3, -0.25) is 4.79 Å². The van der Waals surface area contributed by atoms with E-state index in [-0.39, 0.29) is 13.2 Å². The van der Waals surface area contributed by atoms with Gasteiger partial charge in [-0.15, -0.1) is 11.3 Å². The third-order valence-electron chi connectivity index (χ3n) is 4.08. The number of para-hydroxylation sites is 1. The summed E-state index contributed by atoms with van der Waals surface area (Å²) in [6.45, 7) is 3.74. The van der Waals surface area contributed by atoms with Crippen LogP contribution in [-0.4, -0.2) is 25.1 Å². The molecule has 0 fully saturated rings. The van der Waals surface area contributed by atoms with E-state index in [2.05, 4.69) is 5.32 Å². The van der Waals surface area contributed by atoms with Crippen LogP contribution in [0.3, 0.4) is 0 Å². The number of amides is 1. The lowest BCUT2D eigenvalue weighted by Gasteiger charge is -2.10. The Balaban J connectivity index is 1.81. The maximum absolute atomic E-state index is 12.6. The standard InChI is InChI=1S/C22H20ClNO4S/c1-3-27-22(26)20-16(15-10-8-14(2)9-11-15)13-29-21(20)24-19(25)12-28-18-7-5-4-6-17(18)23/h4-11,13H,3,12H2,1-2H3,(H,24,25). The number of halogens is 1. The van der Waals surface area contributed by atoms with Gasteiger partial charge in [-0.2, -0.15) is 0 Å². The molecule has 1 amide bonds. The topological polar surface area (TPSA) is 64.6 Å². The van der Waals surface area contributed by atoms with Gasteiger partial charge < -0.3 is 14.8 Å². The average Bonchev–Trinajstić information content (AvgIpc) is 3.11. The molecule has 0 saturated heterocycles. The molecular weight excluding hydrogens is 410 g/mol. The van der Waals surface area contributed by atoms with Gasteiger partial charge in [0.25, 0.3) is 5.91 Å². The third-order valence-corrected chi connectivity index (χ3v) is 5.29. The van der Waals surface area contributed by atoms with E-state index in [9.17, 15) is 9.59 Å². The summed E-state index contributed by atoms with van der Waals surface area (Å²) < 4.78 is 10.7. The Bertz CT molecular complexity index is 1010. The van der Waals surface area contributed by atoms with Crippen molar-refractivity contribution in [2.75, 3.05) is 18.5 Å². The summed E-state index contributed by atoms with van der Waals surface area (Å²) in [6, 6.07) is 14.7. The van der Waals surface area contributed by atoms with Crippen LogP contribution in [0.5, 0.6) is 5.75 Å². The SMILES string of the molecule is CCOC(=O)c1c(-c2ccc(C)cc2)csc1NC(=O)COc1ccccc1Cl. The number of hydrogen-bond acceptors (Lipinski definition) is 5. The van der Waals surface area contributed by atoms with Crippen molar-refractivity contribution in [3.8, 4) is 16.9 Å². The van der Waals surface area contributed by atoms with E-state index in [0.29, 0.717) is 21.3 Å². The second kappa shape index (κ2) is 9.58. The van der Waals surface area contributed by atoms with E-state index in [1.807, 2.05) is 36.6 Å². The number of hydrogen-bond donors (Lipinski definition) is 1. The van der Waals surface area contributed by atoms with Crippen molar-refractivity contribution in [3.63, 3.8) is 0 Å². The second-order valence-electron chi connectivity index (χ2n) is 6.21. The fourth-order valence-electron chi connectivity index (χ4n) is 2.67. The number of rotatable bonds is 7. The van der Waals surface area contributed by atoms with Gasteiger partial charge in [0.1, 0.15) is 16.3 Å². The monoisotopic (exact) mass is 429 g/mol. The predicted molar refractivity (Wildman–Crippen MR) is 116 cm³/mol. The van der Waals surface area contributed by atoms with Gasteiger partial charge in [-0.25, -0.2) is 4.79 Å². The highest BCUT2D eigenvalue weighted by Gasteiger charge is 2.23. The van der Waals surface area contributed by atoms with E-state index in [4.69, 9.17) is 21.1 Å². The van der Waals surface area contributed by atoms with Gasteiger partial charge in [0, 0.05) is 10.9 Å². The molecule has 3 rings (SSSR count). The molecule has 1 N–H and O–H groups in total. The first-order valence-electron chi connectivity index (χ1n) is 9.02. The summed E-state index contributed by atoms with van der Waals surface area (Å²) >= 11 is 7.30. The summed E-state index contributed by atoms with van der Waals surface area (Å²) in [4.78, 5) is 25.0. The van der Waals surface area contributed by atoms with Crippen molar-refractivity contribution in [1.29, 1.82) is 0 Å². The molecule has 0 atom stereocenters.